The van der Waals surface area contributed by atoms with Crippen molar-refractivity contribution in [3.8, 4) is 0 Å². The van der Waals surface area contributed by atoms with Gasteiger partial charge in [0.1, 0.15) is 0 Å². The molecule has 0 radical (unpaired) electrons. The van der Waals surface area contributed by atoms with Gasteiger partial charge in [-0.05, 0) is 6.92 Å². The Morgan fingerprint density at radius 2 is 1.95 bits per heavy atom. The second-order valence-corrected chi connectivity index (χ2v) is 5.98. The van der Waals surface area contributed by atoms with Crippen molar-refractivity contribution in [2.24, 2.45) is 0 Å². The van der Waals surface area contributed by atoms with Gasteiger partial charge in [0.25, 0.3) is 5.92 Å². The highest BCUT2D eigenvalue weighted by molar-refractivity contribution is 5.82. The molecule has 0 aromatic rings. The van der Waals surface area contributed by atoms with Crippen molar-refractivity contribution in [1.82, 2.24) is 15.1 Å². The van der Waals surface area contributed by atoms with Crippen LogP contribution in [-0.2, 0) is 14.3 Å². The minimum absolute atomic E-state index is 0.0404. The monoisotopic (exact) mass is 319 g/mol. The highest BCUT2D eigenvalue weighted by atomic mass is 19.3. The van der Waals surface area contributed by atoms with Gasteiger partial charge in [-0.3, -0.25) is 19.8 Å². The molecule has 2 aliphatic heterocycles. The fourth-order valence-corrected chi connectivity index (χ4v) is 2.95. The predicted octanol–water partition coefficient (Wildman–Crippen LogP) is 0.0794. The molecule has 0 saturated carbocycles. The number of carbonyl (C=O) groups is 2. The number of nitrogens with one attached hydrogen (secondary N) is 1. The lowest BCUT2D eigenvalue weighted by Crippen LogP contribution is -2.54. The summed E-state index contributed by atoms with van der Waals surface area (Å²) in [5.41, 5.74) is 0. The van der Waals surface area contributed by atoms with Crippen LogP contribution in [0.5, 0.6) is 0 Å². The summed E-state index contributed by atoms with van der Waals surface area (Å²) in [6.07, 6.45) is -0.119. The van der Waals surface area contributed by atoms with E-state index < -0.39 is 24.9 Å². The van der Waals surface area contributed by atoms with Crippen LogP contribution in [0.4, 0.5) is 8.78 Å². The van der Waals surface area contributed by atoms with Crippen molar-refractivity contribution in [2.75, 3.05) is 39.8 Å². The average Bonchev–Trinajstić information content (AvgIpc) is 2.86. The summed E-state index contributed by atoms with van der Waals surface area (Å²) in [5.74, 6) is -3.31. The van der Waals surface area contributed by atoms with Crippen LogP contribution in [0.3, 0.4) is 0 Å². The van der Waals surface area contributed by atoms with E-state index in [0.29, 0.717) is 32.6 Å². The number of halogens is 2. The highest BCUT2D eigenvalue weighted by Gasteiger charge is 2.43. The molecule has 2 atom stereocenters. The lowest BCUT2D eigenvalue weighted by Gasteiger charge is -2.38. The summed E-state index contributed by atoms with van der Waals surface area (Å²) in [5, 5.41) is 2.60. The molecule has 0 bridgehead atoms. The summed E-state index contributed by atoms with van der Waals surface area (Å²) in [4.78, 5) is 27.2. The molecule has 8 heteroatoms. The molecule has 2 fully saturated rings. The number of ether oxygens (including phenoxy) is 1. The molecule has 0 aromatic carbocycles. The van der Waals surface area contributed by atoms with Crippen LogP contribution in [0.15, 0.2) is 0 Å². The summed E-state index contributed by atoms with van der Waals surface area (Å²) in [6, 6.07) is -0.743. The third kappa shape index (κ3) is 4.13. The zero-order valence-electron chi connectivity index (χ0n) is 13.0. The van der Waals surface area contributed by atoms with E-state index in [1.165, 1.54) is 7.11 Å². The Hall–Kier alpha value is -1.28. The van der Waals surface area contributed by atoms with Gasteiger partial charge in [0.2, 0.25) is 5.91 Å². The summed E-state index contributed by atoms with van der Waals surface area (Å²) < 4.78 is 31.0. The largest absolute Gasteiger partial charge is 0.469 e. The number of hydrogen-bond donors (Lipinski definition) is 1. The van der Waals surface area contributed by atoms with Crippen LogP contribution in [0.25, 0.3) is 0 Å². The quantitative estimate of drug-likeness (QED) is 0.744. The second-order valence-electron chi connectivity index (χ2n) is 5.98. The van der Waals surface area contributed by atoms with Crippen LogP contribution in [0.2, 0.25) is 0 Å². The van der Waals surface area contributed by atoms with E-state index in [1.807, 2.05) is 6.92 Å². The van der Waals surface area contributed by atoms with Gasteiger partial charge in [-0.15, -0.1) is 0 Å². The zero-order valence-corrected chi connectivity index (χ0v) is 13.0. The Morgan fingerprint density at radius 3 is 2.45 bits per heavy atom. The molecule has 0 aromatic heterocycles. The number of nitrogens with zero attached hydrogens (tertiary/aromatic N) is 2. The van der Waals surface area contributed by atoms with Gasteiger partial charge < -0.3 is 9.64 Å². The van der Waals surface area contributed by atoms with Gasteiger partial charge in [0, 0.05) is 38.6 Å². The Labute approximate surface area is 128 Å². The molecule has 6 nitrogen and oxygen atoms in total. The smallest absolute Gasteiger partial charge is 0.307 e. The zero-order chi connectivity index (χ0) is 16.3. The molecule has 2 saturated heterocycles. The first-order valence-electron chi connectivity index (χ1n) is 7.53. The van der Waals surface area contributed by atoms with E-state index in [0.717, 1.165) is 0 Å². The lowest BCUT2D eigenvalue weighted by molar-refractivity contribution is -0.143. The van der Waals surface area contributed by atoms with E-state index in [-0.39, 0.29) is 17.9 Å². The van der Waals surface area contributed by atoms with Gasteiger partial charge in [-0.2, -0.15) is 0 Å². The first-order chi connectivity index (χ1) is 10.3. The summed E-state index contributed by atoms with van der Waals surface area (Å²) in [7, 11) is 1.36. The Kier molecular flexibility index (Phi) is 5.33. The SMILES string of the molecule is COC(=O)CC(C)N1CCN(C(=O)C2CC(F)(F)CN2)CC1. The third-order valence-corrected chi connectivity index (χ3v) is 4.35. The molecule has 2 unspecified atom stereocenters. The summed E-state index contributed by atoms with van der Waals surface area (Å²) >= 11 is 0. The Morgan fingerprint density at radius 1 is 1.32 bits per heavy atom. The standard InChI is InChI=1S/C14H23F2N3O3/c1-10(7-12(20)22-2)18-3-5-19(6-4-18)13(21)11-8-14(15,16)9-17-11/h10-11,17H,3-9H2,1-2H3. The normalized spacial score (nSPS) is 26.7. The van der Waals surface area contributed by atoms with Crippen molar-refractivity contribution in [2.45, 2.75) is 37.8 Å². The molecule has 2 rings (SSSR count). The molecule has 0 spiro atoms. The highest BCUT2D eigenvalue weighted by Crippen LogP contribution is 2.26. The van der Waals surface area contributed by atoms with Crippen molar-refractivity contribution >= 4 is 11.9 Å². The lowest BCUT2D eigenvalue weighted by atomic mass is 10.1. The molecule has 22 heavy (non-hydrogen) atoms. The number of carbonyl (C=O) groups excluding carboxylic acids is 2. The molecule has 2 aliphatic rings. The number of piperazine rings is 1. The molecular weight excluding hydrogens is 296 g/mol. The van der Waals surface area contributed by atoms with E-state index in [1.54, 1.807) is 4.90 Å². The van der Waals surface area contributed by atoms with Crippen molar-refractivity contribution in [3.05, 3.63) is 0 Å². The number of hydrogen-bond acceptors (Lipinski definition) is 5. The molecule has 1 N–H and O–H groups in total. The number of rotatable bonds is 4. The number of amides is 1. The van der Waals surface area contributed by atoms with Crippen LogP contribution < -0.4 is 5.32 Å². The maximum absolute atomic E-state index is 13.2. The minimum Gasteiger partial charge on any atom is -0.469 e. The molecule has 0 aliphatic carbocycles. The van der Waals surface area contributed by atoms with Crippen molar-refractivity contribution < 1.29 is 23.1 Å². The van der Waals surface area contributed by atoms with Gasteiger partial charge in [0.05, 0.1) is 26.1 Å². The number of methoxy groups -OCH3 is 1. The van der Waals surface area contributed by atoms with E-state index in [9.17, 15) is 18.4 Å². The second kappa shape index (κ2) is 6.87. The molecule has 2 heterocycles. The van der Waals surface area contributed by atoms with E-state index in [4.69, 9.17) is 0 Å². The van der Waals surface area contributed by atoms with Crippen LogP contribution in [0, 0.1) is 0 Å². The number of alkyl halides is 2. The van der Waals surface area contributed by atoms with E-state index >= 15 is 0 Å². The van der Waals surface area contributed by atoms with Gasteiger partial charge in [0.15, 0.2) is 0 Å². The maximum Gasteiger partial charge on any atom is 0.307 e. The average molecular weight is 319 g/mol. The van der Waals surface area contributed by atoms with E-state index in [2.05, 4.69) is 15.0 Å². The fourth-order valence-electron chi connectivity index (χ4n) is 2.95. The van der Waals surface area contributed by atoms with Gasteiger partial charge in [-0.1, -0.05) is 0 Å². The molecular formula is C14H23F2N3O3. The Balaban J connectivity index is 1.79. The first kappa shape index (κ1) is 17.1. The van der Waals surface area contributed by atoms with Crippen molar-refractivity contribution in [1.29, 1.82) is 0 Å². The van der Waals surface area contributed by atoms with Crippen LogP contribution in [0.1, 0.15) is 19.8 Å². The third-order valence-electron chi connectivity index (χ3n) is 4.35. The fraction of sp³-hybridized carbons (Fsp3) is 0.857. The Bertz CT molecular complexity index is 426. The van der Waals surface area contributed by atoms with Gasteiger partial charge in [-0.25, -0.2) is 8.78 Å². The van der Waals surface area contributed by atoms with Crippen molar-refractivity contribution in [3.63, 3.8) is 0 Å². The van der Waals surface area contributed by atoms with Crippen LogP contribution in [-0.4, -0.2) is 79.5 Å². The molecule has 1 amide bonds. The topological polar surface area (TPSA) is 61.9 Å². The minimum atomic E-state index is -2.79. The summed E-state index contributed by atoms with van der Waals surface area (Å²) in [6.45, 7) is 3.76. The predicted molar refractivity (Wildman–Crippen MR) is 75.6 cm³/mol. The van der Waals surface area contributed by atoms with Crippen LogP contribution >= 0.6 is 0 Å². The number of esters is 1. The van der Waals surface area contributed by atoms with Gasteiger partial charge >= 0.3 is 5.97 Å². The maximum atomic E-state index is 13.2. The molecule has 126 valence electrons. The first-order valence-corrected chi connectivity index (χ1v) is 7.53.